The van der Waals surface area contributed by atoms with Gasteiger partial charge >= 0.3 is 83.2 Å². The molecule has 10 atom stereocenters. The fraction of sp³-hybridized carbons (Fsp3) is 1.00. The molecule has 10 unspecified atom stereocenters. The molecule has 2 heterocycles. The zero-order valence-electron chi connectivity index (χ0n) is 25.1. The van der Waals surface area contributed by atoms with E-state index in [2.05, 4.69) is 33.5 Å². The number of hydrogen-bond donors (Lipinski definition) is 8. The minimum atomic E-state index is -6.20. The molecule has 8 N–H and O–H groups in total. The summed E-state index contributed by atoms with van der Waals surface area (Å²) >= 11 is 0. The Bertz CT molecular complexity index is 2260. The molecular formula is C12H22O35S8. The molecule has 43 heteroatoms. The first-order chi connectivity index (χ1) is 24.2. The van der Waals surface area contributed by atoms with Crippen LogP contribution in [-0.2, 0) is 131 Å². The lowest BCUT2D eigenvalue weighted by Crippen LogP contribution is -2.67. The molecule has 55 heavy (non-hydrogen) atoms. The quantitative estimate of drug-likeness (QED) is 0.0526. The largest absolute Gasteiger partial charge is 0.399 e. The summed E-state index contributed by atoms with van der Waals surface area (Å²) in [5, 5.41) is 0. The van der Waals surface area contributed by atoms with Crippen LogP contribution < -0.4 is 0 Å². The third kappa shape index (κ3) is 19.0. The third-order valence-corrected chi connectivity index (χ3v) is 9.24. The molecule has 0 saturated carbocycles. The van der Waals surface area contributed by atoms with Crippen LogP contribution in [0.3, 0.4) is 0 Å². The van der Waals surface area contributed by atoms with Gasteiger partial charge in [-0.05, 0) is 0 Å². The Morgan fingerprint density at radius 1 is 0.327 bits per heavy atom. The smallest absolute Gasteiger partial charge is 0.341 e. The van der Waals surface area contributed by atoms with Crippen LogP contribution >= 0.6 is 0 Å². The van der Waals surface area contributed by atoms with Crippen LogP contribution in [0.5, 0.6) is 0 Å². The van der Waals surface area contributed by atoms with Crippen molar-refractivity contribution in [3.8, 4) is 0 Å². The molecule has 0 aromatic rings. The lowest BCUT2D eigenvalue weighted by Gasteiger charge is -2.47. The van der Waals surface area contributed by atoms with E-state index < -0.39 is 158 Å². The van der Waals surface area contributed by atoms with Gasteiger partial charge in [-0.25, -0.2) is 33.5 Å². The molecule has 35 nitrogen and oxygen atoms in total. The molecule has 0 aromatic carbocycles. The Morgan fingerprint density at radius 2 is 0.600 bits per heavy atom. The number of hydrogen-bond acceptors (Lipinski definition) is 27. The molecule has 0 aliphatic carbocycles. The first-order valence-corrected chi connectivity index (χ1v) is 23.3. The van der Waals surface area contributed by atoms with Crippen molar-refractivity contribution in [2.45, 2.75) is 61.4 Å². The first kappa shape index (κ1) is 50.0. The summed E-state index contributed by atoms with van der Waals surface area (Å²) in [6.07, 6.45) is -32.1. The van der Waals surface area contributed by atoms with E-state index in [9.17, 15) is 90.1 Å². The third-order valence-electron chi connectivity index (χ3n) is 5.62. The first-order valence-electron chi connectivity index (χ1n) is 12.3. The van der Waals surface area contributed by atoms with Gasteiger partial charge in [-0.1, -0.05) is 0 Å². The maximum Gasteiger partial charge on any atom is 0.399 e. The predicted molar refractivity (Wildman–Crippen MR) is 152 cm³/mol. The number of rotatable bonds is 20. The second-order valence-electron chi connectivity index (χ2n) is 9.58. The van der Waals surface area contributed by atoms with Crippen LogP contribution in [0.15, 0.2) is 0 Å². The van der Waals surface area contributed by atoms with Gasteiger partial charge in [-0.2, -0.15) is 67.3 Å². The van der Waals surface area contributed by atoms with E-state index in [1.807, 2.05) is 0 Å². The van der Waals surface area contributed by atoms with Crippen molar-refractivity contribution in [1.29, 1.82) is 0 Å². The van der Waals surface area contributed by atoms with Gasteiger partial charge in [0.2, 0.25) is 6.29 Å². The maximum atomic E-state index is 11.8. The molecule has 0 bridgehead atoms. The maximum absolute atomic E-state index is 11.8. The highest BCUT2D eigenvalue weighted by Gasteiger charge is 2.59. The highest BCUT2D eigenvalue weighted by atomic mass is 32.3. The fourth-order valence-corrected chi connectivity index (χ4v) is 7.68. The van der Waals surface area contributed by atoms with Gasteiger partial charge < -0.3 is 14.2 Å². The van der Waals surface area contributed by atoms with Crippen LogP contribution in [0.1, 0.15) is 0 Å². The molecule has 0 amide bonds. The average molecular weight is 983 g/mol. The Hall–Kier alpha value is -1.16. The van der Waals surface area contributed by atoms with E-state index in [0.29, 0.717) is 0 Å². The summed E-state index contributed by atoms with van der Waals surface area (Å²) < 4.78 is 306. The van der Waals surface area contributed by atoms with Gasteiger partial charge in [0.1, 0.15) is 36.6 Å². The summed E-state index contributed by atoms with van der Waals surface area (Å²) in [5.74, 6) is 0. The Labute approximate surface area is 308 Å². The molecule has 2 saturated heterocycles. The Morgan fingerprint density at radius 3 is 0.945 bits per heavy atom. The fourth-order valence-electron chi connectivity index (χ4n) is 4.20. The zero-order valence-corrected chi connectivity index (χ0v) is 31.6. The summed E-state index contributed by atoms with van der Waals surface area (Å²) in [6, 6.07) is 0. The van der Waals surface area contributed by atoms with Crippen LogP contribution in [0, 0.1) is 0 Å². The second-order valence-corrected chi connectivity index (χ2v) is 18.0. The van der Waals surface area contributed by atoms with Crippen molar-refractivity contribution in [3.63, 3.8) is 0 Å². The summed E-state index contributed by atoms with van der Waals surface area (Å²) in [4.78, 5) is 0. The van der Waals surface area contributed by atoms with Gasteiger partial charge in [0.05, 0.1) is 13.2 Å². The Kier molecular flexibility index (Phi) is 16.0. The van der Waals surface area contributed by atoms with Crippen LogP contribution in [0.4, 0.5) is 0 Å². The SMILES string of the molecule is O=S(=O)(O)OCC1OC(OS(=O)(=O)O)C(OS(=O)(=O)O)C(OS(=O)(=O)O)C1OC1OC(COS(=O)(=O)O)C(OS(=O)(=O)O)C(OS(=O)(=O)O)C1OS(=O)(=O)O. The van der Waals surface area contributed by atoms with Crippen LogP contribution in [-0.4, -0.2) is 178 Å². The monoisotopic (exact) mass is 982 g/mol. The van der Waals surface area contributed by atoms with Crippen molar-refractivity contribution in [2.24, 2.45) is 0 Å². The lowest BCUT2D eigenvalue weighted by atomic mass is 9.97. The standard InChI is InChI=1S/C12H22O35S8/c13-48(14,15)37-1-3-5(7(43-51(22,23)24)10(46-54(31,32)33)12(40-3)47-55(34,35)36)41-11-9(45-53(28,29)30)8(44-52(25,26)27)6(42-50(19,20)21)4(39-11)2-38-49(16,17)18/h3-12H,1-2H2,(H,13,14,15)(H,16,17,18)(H,19,20,21)(H,22,23,24)(H,25,26,27)(H,28,29,30)(H,31,32,33)(H,34,35,36). The highest BCUT2D eigenvalue weighted by molar-refractivity contribution is 7.82. The molecule has 328 valence electrons. The minimum Gasteiger partial charge on any atom is -0.341 e. The summed E-state index contributed by atoms with van der Waals surface area (Å²) in [7, 11) is -48.2. The second kappa shape index (κ2) is 17.6. The highest BCUT2D eigenvalue weighted by Crippen LogP contribution is 2.37. The van der Waals surface area contributed by atoms with Crippen molar-refractivity contribution < 1.29 is 151 Å². The van der Waals surface area contributed by atoms with E-state index in [-0.39, 0.29) is 0 Å². The lowest BCUT2D eigenvalue weighted by molar-refractivity contribution is -0.341. The minimum absolute atomic E-state index is 1.93. The van der Waals surface area contributed by atoms with Gasteiger partial charge in [-0.15, -0.1) is 0 Å². The predicted octanol–water partition coefficient (Wildman–Crippen LogP) is -6.78. The van der Waals surface area contributed by atoms with Crippen LogP contribution in [0.25, 0.3) is 0 Å². The van der Waals surface area contributed by atoms with E-state index >= 15 is 0 Å². The molecule has 2 aliphatic rings. The Balaban J connectivity index is 3.02. The van der Waals surface area contributed by atoms with Crippen molar-refractivity contribution in [2.75, 3.05) is 13.2 Å². The molecular weight excluding hydrogens is 961 g/mol. The van der Waals surface area contributed by atoms with E-state index in [4.69, 9.17) is 27.9 Å². The molecule has 0 spiro atoms. The van der Waals surface area contributed by atoms with Gasteiger partial charge in [-0.3, -0.25) is 36.4 Å². The van der Waals surface area contributed by atoms with E-state index in [1.54, 1.807) is 0 Å². The topological polar surface area (TPSA) is 536 Å². The molecule has 2 fully saturated rings. The summed E-state index contributed by atoms with van der Waals surface area (Å²) in [5.41, 5.74) is 0. The van der Waals surface area contributed by atoms with Crippen molar-refractivity contribution >= 4 is 83.2 Å². The van der Waals surface area contributed by atoms with E-state index in [0.717, 1.165) is 0 Å². The summed E-state index contributed by atoms with van der Waals surface area (Å²) in [6.45, 7) is -3.87. The molecule has 0 radical (unpaired) electrons. The van der Waals surface area contributed by atoms with Gasteiger partial charge in [0.15, 0.2) is 18.5 Å². The molecule has 2 aliphatic heterocycles. The molecule has 2 rings (SSSR count). The van der Waals surface area contributed by atoms with Gasteiger partial charge in [0.25, 0.3) is 0 Å². The molecule has 0 aromatic heterocycles. The normalized spacial score (nSPS) is 30.9. The van der Waals surface area contributed by atoms with Crippen LogP contribution in [0.2, 0.25) is 0 Å². The zero-order chi connectivity index (χ0) is 43.0. The van der Waals surface area contributed by atoms with Crippen molar-refractivity contribution in [1.82, 2.24) is 0 Å². The average Bonchev–Trinajstić information content (AvgIpc) is 2.88. The van der Waals surface area contributed by atoms with Gasteiger partial charge in [0, 0.05) is 0 Å². The number of ether oxygens (including phenoxy) is 3. The van der Waals surface area contributed by atoms with Crippen molar-refractivity contribution in [3.05, 3.63) is 0 Å². The van der Waals surface area contributed by atoms with E-state index in [1.165, 1.54) is 0 Å².